The van der Waals surface area contributed by atoms with E-state index in [4.69, 9.17) is 10.2 Å². The molecule has 0 fully saturated rings. The lowest BCUT2D eigenvalue weighted by Crippen LogP contribution is -2.22. The molecule has 1 aromatic carbocycles. The van der Waals surface area contributed by atoms with Crippen LogP contribution in [0.25, 0.3) is 11.1 Å². The Kier molecular flexibility index (Phi) is 4.93. The van der Waals surface area contributed by atoms with Gasteiger partial charge in [-0.15, -0.1) is 0 Å². The molecule has 4 nitrogen and oxygen atoms in total. The van der Waals surface area contributed by atoms with Crippen molar-refractivity contribution in [3.05, 3.63) is 29.7 Å². The van der Waals surface area contributed by atoms with Crippen LogP contribution in [0.4, 0.5) is 0 Å². The molecule has 0 aliphatic rings. The third-order valence-electron chi connectivity index (χ3n) is 3.37. The number of oxazole rings is 1. The second-order valence-electron chi connectivity index (χ2n) is 5.16. The molecule has 1 unspecified atom stereocenters. The zero-order valence-electron chi connectivity index (χ0n) is 11.8. The molecule has 2 aromatic rings. The Morgan fingerprint density at radius 1 is 1.37 bits per heavy atom. The van der Waals surface area contributed by atoms with Crippen LogP contribution in [0.5, 0.6) is 0 Å². The van der Waals surface area contributed by atoms with E-state index in [0.717, 1.165) is 49.5 Å². The van der Waals surface area contributed by atoms with Gasteiger partial charge in [0.2, 0.25) is 0 Å². The van der Waals surface area contributed by atoms with Gasteiger partial charge in [0.1, 0.15) is 5.52 Å². The van der Waals surface area contributed by atoms with Crippen molar-refractivity contribution in [3.8, 4) is 0 Å². The molecule has 0 aliphatic carbocycles. The molecule has 0 spiro atoms. The van der Waals surface area contributed by atoms with Gasteiger partial charge in [-0.3, -0.25) is 0 Å². The van der Waals surface area contributed by atoms with Crippen LogP contribution >= 0.6 is 0 Å². The Labute approximate surface area is 114 Å². The summed E-state index contributed by atoms with van der Waals surface area (Å²) in [5, 5.41) is 3.45. The molecule has 1 heterocycles. The quantitative estimate of drug-likeness (QED) is 0.750. The molecule has 2 rings (SSSR count). The molecule has 104 valence electrons. The number of rotatable bonds is 7. The molecule has 0 saturated heterocycles. The summed E-state index contributed by atoms with van der Waals surface area (Å²) in [6.45, 7) is 6.84. The Hall–Kier alpha value is -1.39. The SMILES string of the molecule is Cc1nc2ccc(CCNCCC(C)CN)cc2o1. The van der Waals surface area contributed by atoms with Gasteiger partial charge in [0, 0.05) is 6.92 Å². The summed E-state index contributed by atoms with van der Waals surface area (Å²) in [5.74, 6) is 1.32. The molecule has 0 bridgehead atoms. The number of fused-ring (bicyclic) bond motifs is 1. The topological polar surface area (TPSA) is 64.1 Å². The van der Waals surface area contributed by atoms with Crippen LogP contribution in [0.3, 0.4) is 0 Å². The van der Waals surface area contributed by atoms with Crippen molar-refractivity contribution in [2.75, 3.05) is 19.6 Å². The minimum absolute atomic E-state index is 0.598. The first kappa shape index (κ1) is 14.0. The van der Waals surface area contributed by atoms with Gasteiger partial charge in [0.15, 0.2) is 11.5 Å². The van der Waals surface area contributed by atoms with Gasteiger partial charge in [-0.05, 0) is 56.1 Å². The number of hydrogen-bond donors (Lipinski definition) is 2. The van der Waals surface area contributed by atoms with Crippen molar-refractivity contribution >= 4 is 11.1 Å². The molecular formula is C15H23N3O. The van der Waals surface area contributed by atoms with Crippen molar-refractivity contribution < 1.29 is 4.42 Å². The molecule has 19 heavy (non-hydrogen) atoms. The van der Waals surface area contributed by atoms with Gasteiger partial charge in [-0.1, -0.05) is 13.0 Å². The summed E-state index contributed by atoms with van der Waals surface area (Å²) in [6.07, 6.45) is 2.14. The average Bonchev–Trinajstić information content (AvgIpc) is 2.77. The second kappa shape index (κ2) is 6.68. The molecule has 4 heteroatoms. The second-order valence-corrected chi connectivity index (χ2v) is 5.16. The molecule has 0 saturated carbocycles. The van der Waals surface area contributed by atoms with E-state index in [0.29, 0.717) is 5.92 Å². The Balaban J connectivity index is 1.78. The van der Waals surface area contributed by atoms with E-state index in [1.165, 1.54) is 5.56 Å². The number of aryl methyl sites for hydroxylation is 1. The van der Waals surface area contributed by atoms with E-state index in [2.05, 4.69) is 29.4 Å². The predicted octanol–water partition coefficient (Wildman–Crippen LogP) is 2.25. The van der Waals surface area contributed by atoms with E-state index < -0.39 is 0 Å². The molecular weight excluding hydrogens is 238 g/mol. The molecule has 0 radical (unpaired) electrons. The van der Waals surface area contributed by atoms with Crippen molar-refractivity contribution in [2.45, 2.75) is 26.7 Å². The first-order chi connectivity index (χ1) is 9.19. The third kappa shape index (κ3) is 4.04. The monoisotopic (exact) mass is 261 g/mol. The summed E-state index contributed by atoms with van der Waals surface area (Å²) in [7, 11) is 0. The van der Waals surface area contributed by atoms with E-state index in [9.17, 15) is 0 Å². The summed E-state index contributed by atoms with van der Waals surface area (Å²) >= 11 is 0. The minimum atomic E-state index is 0.598. The molecule has 1 aromatic heterocycles. The largest absolute Gasteiger partial charge is 0.441 e. The van der Waals surface area contributed by atoms with Crippen LogP contribution in [0.15, 0.2) is 22.6 Å². The van der Waals surface area contributed by atoms with Crippen LogP contribution in [-0.4, -0.2) is 24.6 Å². The lowest BCUT2D eigenvalue weighted by atomic mass is 10.1. The average molecular weight is 261 g/mol. The van der Waals surface area contributed by atoms with E-state index in [-0.39, 0.29) is 0 Å². The van der Waals surface area contributed by atoms with Crippen molar-refractivity contribution in [3.63, 3.8) is 0 Å². The highest BCUT2D eigenvalue weighted by atomic mass is 16.3. The fraction of sp³-hybridized carbons (Fsp3) is 0.533. The first-order valence-electron chi connectivity index (χ1n) is 6.96. The summed E-state index contributed by atoms with van der Waals surface area (Å²) in [5.41, 5.74) is 8.69. The first-order valence-corrected chi connectivity index (χ1v) is 6.96. The fourth-order valence-corrected chi connectivity index (χ4v) is 2.06. The molecule has 0 aliphatic heterocycles. The van der Waals surface area contributed by atoms with Crippen LogP contribution in [-0.2, 0) is 6.42 Å². The minimum Gasteiger partial charge on any atom is -0.441 e. The van der Waals surface area contributed by atoms with E-state index in [1.807, 2.05) is 13.0 Å². The van der Waals surface area contributed by atoms with Gasteiger partial charge < -0.3 is 15.5 Å². The lowest BCUT2D eigenvalue weighted by Gasteiger charge is -2.09. The van der Waals surface area contributed by atoms with E-state index in [1.54, 1.807) is 0 Å². The standard InChI is InChI=1S/C15H23N3O/c1-11(10-16)5-7-17-8-6-13-3-4-14-15(9-13)19-12(2)18-14/h3-4,9,11,17H,5-8,10,16H2,1-2H3. The number of aromatic nitrogens is 1. The van der Waals surface area contributed by atoms with Crippen molar-refractivity contribution in [1.29, 1.82) is 0 Å². The highest BCUT2D eigenvalue weighted by Crippen LogP contribution is 2.16. The maximum Gasteiger partial charge on any atom is 0.192 e. The molecule has 3 N–H and O–H groups in total. The number of nitrogens with one attached hydrogen (secondary N) is 1. The Morgan fingerprint density at radius 3 is 3.00 bits per heavy atom. The fourth-order valence-electron chi connectivity index (χ4n) is 2.06. The van der Waals surface area contributed by atoms with Crippen molar-refractivity contribution in [1.82, 2.24) is 10.3 Å². The number of benzene rings is 1. The molecule has 0 amide bonds. The number of nitrogens with zero attached hydrogens (tertiary/aromatic N) is 1. The Bertz CT molecular complexity index is 521. The maximum atomic E-state index is 5.59. The maximum absolute atomic E-state index is 5.59. The van der Waals surface area contributed by atoms with Crippen LogP contribution in [0.2, 0.25) is 0 Å². The Morgan fingerprint density at radius 2 is 2.21 bits per heavy atom. The van der Waals surface area contributed by atoms with Gasteiger partial charge in [0.25, 0.3) is 0 Å². The zero-order valence-corrected chi connectivity index (χ0v) is 11.8. The predicted molar refractivity (Wildman–Crippen MR) is 78.2 cm³/mol. The zero-order chi connectivity index (χ0) is 13.7. The van der Waals surface area contributed by atoms with Crippen molar-refractivity contribution in [2.24, 2.45) is 11.7 Å². The number of nitrogens with two attached hydrogens (primary N) is 1. The van der Waals surface area contributed by atoms with Gasteiger partial charge >= 0.3 is 0 Å². The van der Waals surface area contributed by atoms with Gasteiger partial charge in [-0.2, -0.15) is 0 Å². The summed E-state index contributed by atoms with van der Waals surface area (Å²) in [6, 6.07) is 6.23. The lowest BCUT2D eigenvalue weighted by molar-refractivity contribution is 0.511. The molecule has 1 atom stereocenters. The van der Waals surface area contributed by atoms with Crippen LogP contribution in [0.1, 0.15) is 24.8 Å². The van der Waals surface area contributed by atoms with E-state index >= 15 is 0 Å². The highest BCUT2D eigenvalue weighted by molar-refractivity contribution is 5.73. The third-order valence-corrected chi connectivity index (χ3v) is 3.37. The highest BCUT2D eigenvalue weighted by Gasteiger charge is 2.03. The smallest absolute Gasteiger partial charge is 0.192 e. The number of hydrogen-bond acceptors (Lipinski definition) is 4. The normalized spacial score (nSPS) is 13.0. The van der Waals surface area contributed by atoms with Crippen LogP contribution in [0, 0.1) is 12.8 Å². The van der Waals surface area contributed by atoms with Gasteiger partial charge in [0.05, 0.1) is 0 Å². The summed E-state index contributed by atoms with van der Waals surface area (Å²) in [4.78, 5) is 4.30. The van der Waals surface area contributed by atoms with Gasteiger partial charge in [-0.25, -0.2) is 4.98 Å². The summed E-state index contributed by atoms with van der Waals surface area (Å²) < 4.78 is 5.54. The van der Waals surface area contributed by atoms with Crippen LogP contribution < -0.4 is 11.1 Å².